The maximum absolute atomic E-state index is 13.1. The average Bonchev–Trinajstić information content (AvgIpc) is 3.04. The van der Waals surface area contributed by atoms with E-state index in [1.807, 2.05) is 0 Å². The normalized spacial score (nSPS) is 11.5. The number of carbonyl (C=O) groups is 1. The molecule has 0 aliphatic rings. The number of amides is 1. The zero-order valence-electron chi connectivity index (χ0n) is 13.3. The SMILES string of the molecule is O=C(NCCS(=O)(=O)Nc1ccn2nccc2c1)c1ccc(F)c(F)c1. The molecule has 0 atom stereocenters. The zero-order valence-corrected chi connectivity index (χ0v) is 14.1. The number of anilines is 1. The van der Waals surface area contributed by atoms with Gasteiger partial charge < -0.3 is 5.32 Å². The predicted molar refractivity (Wildman–Crippen MR) is 91.3 cm³/mol. The van der Waals surface area contributed by atoms with Gasteiger partial charge in [-0.3, -0.25) is 9.52 Å². The van der Waals surface area contributed by atoms with Crippen LogP contribution in [0, 0.1) is 11.6 Å². The summed E-state index contributed by atoms with van der Waals surface area (Å²) in [6, 6.07) is 7.58. The molecule has 2 aromatic heterocycles. The lowest BCUT2D eigenvalue weighted by Crippen LogP contribution is -2.31. The maximum atomic E-state index is 13.1. The smallest absolute Gasteiger partial charge is 0.251 e. The number of aromatic nitrogens is 2. The van der Waals surface area contributed by atoms with Crippen LogP contribution in [0.3, 0.4) is 0 Å². The van der Waals surface area contributed by atoms with Gasteiger partial charge >= 0.3 is 0 Å². The molecule has 136 valence electrons. The standard InChI is InChI=1S/C16H14F2N4O3S/c17-14-2-1-11(9-15(14)18)16(23)19-6-8-26(24,25)21-12-4-7-22-13(10-12)3-5-20-22/h1-5,7,9-10,21H,6,8H2,(H,19,23). The van der Waals surface area contributed by atoms with Gasteiger partial charge in [-0.05, 0) is 36.4 Å². The van der Waals surface area contributed by atoms with Gasteiger partial charge in [0, 0.05) is 24.5 Å². The van der Waals surface area contributed by atoms with Gasteiger partial charge in [-0.1, -0.05) is 0 Å². The Bertz CT molecular complexity index is 1070. The van der Waals surface area contributed by atoms with Gasteiger partial charge in [-0.2, -0.15) is 5.10 Å². The van der Waals surface area contributed by atoms with Crippen molar-refractivity contribution in [3.63, 3.8) is 0 Å². The van der Waals surface area contributed by atoms with Gasteiger partial charge in [0.1, 0.15) is 0 Å². The van der Waals surface area contributed by atoms with Crippen molar-refractivity contribution in [2.24, 2.45) is 0 Å². The molecular weight excluding hydrogens is 366 g/mol. The highest BCUT2D eigenvalue weighted by molar-refractivity contribution is 7.92. The van der Waals surface area contributed by atoms with E-state index in [-0.39, 0.29) is 17.9 Å². The lowest BCUT2D eigenvalue weighted by molar-refractivity contribution is 0.0955. The van der Waals surface area contributed by atoms with Crippen LogP contribution in [0.25, 0.3) is 5.52 Å². The number of fused-ring (bicyclic) bond motifs is 1. The maximum Gasteiger partial charge on any atom is 0.251 e. The summed E-state index contributed by atoms with van der Waals surface area (Å²) in [5, 5.41) is 6.36. The number of nitrogens with one attached hydrogen (secondary N) is 2. The highest BCUT2D eigenvalue weighted by atomic mass is 32.2. The Balaban J connectivity index is 1.57. The van der Waals surface area contributed by atoms with E-state index in [9.17, 15) is 22.0 Å². The number of carbonyl (C=O) groups excluding carboxylic acids is 1. The average molecular weight is 380 g/mol. The third kappa shape index (κ3) is 4.14. The van der Waals surface area contributed by atoms with Crippen LogP contribution in [0.2, 0.25) is 0 Å². The van der Waals surface area contributed by atoms with Crippen molar-refractivity contribution >= 4 is 27.1 Å². The van der Waals surface area contributed by atoms with Gasteiger partial charge in [0.25, 0.3) is 5.91 Å². The highest BCUT2D eigenvalue weighted by Crippen LogP contribution is 2.13. The predicted octanol–water partition coefficient (Wildman–Crippen LogP) is 1.78. The molecule has 7 nitrogen and oxygen atoms in total. The molecule has 0 unspecified atom stereocenters. The van der Waals surface area contributed by atoms with Crippen molar-refractivity contribution in [1.29, 1.82) is 0 Å². The minimum atomic E-state index is -3.71. The fourth-order valence-electron chi connectivity index (χ4n) is 2.25. The van der Waals surface area contributed by atoms with Crippen molar-refractivity contribution in [2.45, 2.75) is 0 Å². The largest absolute Gasteiger partial charge is 0.351 e. The number of nitrogens with zero attached hydrogens (tertiary/aromatic N) is 2. The quantitative estimate of drug-likeness (QED) is 0.682. The van der Waals surface area contributed by atoms with E-state index < -0.39 is 27.6 Å². The molecule has 1 amide bonds. The van der Waals surface area contributed by atoms with Crippen molar-refractivity contribution in [1.82, 2.24) is 14.9 Å². The molecule has 0 fully saturated rings. The Hall–Kier alpha value is -3.01. The number of benzene rings is 1. The molecule has 2 N–H and O–H groups in total. The van der Waals surface area contributed by atoms with E-state index in [2.05, 4.69) is 15.1 Å². The summed E-state index contributed by atoms with van der Waals surface area (Å²) in [7, 11) is -3.71. The van der Waals surface area contributed by atoms with Crippen LogP contribution in [0.15, 0.2) is 48.8 Å². The first-order valence-corrected chi connectivity index (χ1v) is 9.16. The molecule has 0 bridgehead atoms. The molecule has 3 rings (SSSR count). The van der Waals surface area contributed by atoms with Crippen LogP contribution in [0.4, 0.5) is 14.5 Å². The molecule has 0 spiro atoms. The third-order valence-corrected chi connectivity index (χ3v) is 4.80. The summed E-state index contributed by atoms with van der Waals surface area (Å²) in [5.74, 6) is -3.29. The first-order chi connectivity index (χ1) is 12.3. The van der Waals surface area contributed by atoms with E-state index >= 15 is 0 Å². The Kier molecular flexibility index (Phi) is 4.85. The topological polar surface area (TPSA) is 92.6 Å². The van der Waals surface area contributed by atoms with Crippen molar-refractivity contribution in [3.05, 3.63) is 66.0 Å². The Morgan fingerprint density at radius 2 is 1.92 bits per heavy atom. The molecule has 26 heavy (non-hydrogen) atoms. The van der Waals surface area contributed by atoms with Crippen LogP contribution in [0.1, 0.15) is 10.4 Å². The second-order valence-corrected chi connectivity index (χ2v) is 7.26. The van der Waals surface area contributed by atoms with Crippen LogP contribution < -0.4 is 10.0 Å². The van der Waals surface area contributed by atoms with Crippen LogP contribution in [0.5, 0.6) is 0 Å². The summed E-state index contributed by atoms with van der Waals surface area (Å²) in [4.78, 5) is 11.8. The van der Waals surface area contributed by atoms with Gasteiger partial charge in [0.05, 0.1) is 17.0 Å². The number of pyridine rings is 1. The minimum absolute atomic E-state index is 0.0968. The molecule has 0 aliphatic heterocycles. The van der Waals surface area contributed by atoms with Gasteiger partial charge in [-0.15, -0.1) is 0 Å². The molecular formula is C16H14F2N4O3S. The highest BCUT2D eigenvalue weighted by Gasteiger charge is 2.13. The summed E-state index contributed by atoms with van der Waals surface area (Å²) in [6.45, 7) is -0.192. The second kappa shape index (κ2) is 7.08. The van der Waals surface area contributed by atoms with Gasteiger partial charge in [0.15, 0.2) is 11.6 Å². The zero-order chi connectivity index (χ0) is 18.7. The molecule has 0 aliphatic carbocycles. The summed E-state index contributed by atoms with van der Waals surface area (Å²) in [6.07, 6.45) is 3.19. The molecule has 0 radical (unpaired) electrons. The van der Waals surface area contributed by atoms with Crippen LogP contribution in [-0.2, 0) is 10.0 Å². The van der Waals surface area contributed by atoms with E-state index in [1.165, 1.54) is 0 Å². The monoisotopic (exact) mass is 380 g/mol. The number of hydrogen-bond acceptors (Lipinski definition) is 4. The first-order valence-electron chi connectivity index (χ1n) is 7.51. The number of rotatable bonds is 6. The Labute approximate surface area is 147 Å². The van der Waals surface area contributed by atoms with Crippen LogP contribution >= 0.6 is 0 Å². The van der Waals surface area contributed by atoms with Gasteiger partial charge in [0.2, 0.25) is 10.0 Å². The fourth-order valence-corrected chi connectivity index (χ4v) is 3.21. The number of halogens is 2. The summed E-state index contributed by atoms with van der Waals surface area (Å²) in [5.41, 5.74) is 0.988. The Morgan fingerprint density at radius 1 is 1.12 bits per heavy atom. The third-order valence-electron chi connectivity index (χ3n) is 3.51. The van der Waals surface area contributed by atoms with Crippen molar-refractivity contribution in [3.8, 4) is 0 Å². The molecule has 2 heterocycles. The van der Waals surface area contributed by atoms with E-state index in [0.29, 0.717) is 5.69 Å². The molecule has 10 heteroatoms. The summed E-state index contributed by atoms with van der Waals surface area (Å²) >= 11 is 0. The van der Waals surface area contributed by atoms with E-state index in [4.69, 9.17) is 0 Å². The lowest BCUT2D eigenvalue weighted by Gasteiger charge is -2.09. The Morgan fingerprint density at radius 3 is 2.69 bits per heavy atom. The first kappa shape index (κ1) is 17.8. The molecule has 0 saturated heterocycles. The second-order valence-electron chi connectivity index (χ2n) is 5.42. The lowest BCUT2D eigenvalue weighted by atomic mass is 10.2. The van der Waals surface area contributed by atoms with Crippen LogP contribution in [-0.4, -0.2) is 36.2 Å². The fraction of sp³-hybridized carbons (Fsp3) is 0.125. The number of sulfonamides is 1. The summed E-state index contributed by atoms with van der Waals surface area (Å²) < 4.78 is 54.1. The van der Waals surface area contributed by atoms with Gasteiger partial charge in [-0.25, -0.2) is 21.7 Å². The molecule has 1 aromatic carbocycles. The minimum Gasteiger partial charge on any atom is -0.351 e. The van der Waals surface area contributed by atoms with Crippen molar-refractivity contribution in [2.75, 3.05) is 17.0 Å². The van der Waals surface area contributed by atoms with E-state index in [1.54, 1.807) is 35.1 Å². The molecule has 0 saturated carbocycles. The number of hydrogen-bond donors (Lipinski definition) is 2. The van der Waals surface area contributed by atoms with E-state index in [0.717, 1.165) is 23.7 Å². The molecule has 3 aromatic rings. The van der Waals surface area contributed by atoms with Crippen molar-refractivity contribution < 1.29 is 22.0 Å².